The molecule has 0 spiro atoms. The first-order valence-corrected chi connectivity index (χ1v) is 7.03. The summed E-state index contributed by atoms with van der Waals surface area (Å²) in [6.45, 7) is 4.17. The number of rotatable bonds is 4. The highest BCUT2D eigenvalue weighted by Gasteiger charge is 2.10. The van der Waals surface area contributed by atoms with E-state index >= 15 is 0 Å². The molecule has 0 aliphatic heterocycles. The Morgan fingerprint density at radius 1 is 1.26 bits per heavy atom. The van der Waals surface area contributed by atoms with Gasteiger partial charge in [-0.3, -0.25) is 0 Å². The van der Waals surface area contributed by atoms with E-state index in [-0.39, 0.29) is 0 Å². The minimum atomic E-state index is 0.629. The molecule has 7 heteroatoms. The highest BCUT2D eigenvalue weighted by atomic mass is 32.2. The maximum Gasteiger partial charge on any atom is 0.253 e. The lowest BCUT2D eigenvalue weighted by atomic mass is 10.3. The van der Waals surface area contributed by atoms with Crippen molar-refractivity contribution in [2.75, 3.05) is 0 Å². The summed E-state index contributed by atoms with van der Waals surface area (Å²) in [6, 6.07) is 2.03. The van der Waals surface area contributed by atoms with E-state index in [0.717, 1.165) is 34.4 Å². The fourth-order valence-electron chi connectivity index (χ4n) is 1.75. The van der Waals surface area contributed by atoms with Gasteiger partial charge in [0.2, 0.25) is 0 Å². The molecule has 3 aromatic heterocycles. The first-order chi connectivity index (χ1) is 9.30. The van der Waals surface area contributed by atoms with Crippen molar-refractivity contribution in [2.24, 2.45) is 0 Å². The summed E-state index contributed by atoms with van der Waals surface area (Å²) in [5.41, 5.74) is 2.13. The van der Waals surface area contributed by atoms with Gasteiger partial charge in [-0.05, 0) is 30.7 Å². The van der Waals surface area contributed by atoms with E-state index in [0.29, 0.717) is 5.78 Å². The van der Waals surface area contributed by atoms with Gasteiger partial charge in [-0.25, -0.2) is 9.97 Å². The monoisotopic (exact) mass is 274 g/mol. The third-order valence-electron chi connectivity index (χ3n) is 2.82. The number of aromatic amines is 1. The van der Waals surface area contributed by atoms with Crippen LogP contribution in [0.4, 0.5) is 0 Å². The van der Waals surface area contributed by atoms with Crippen LogP contribution in [-0.4, -0.2) is 29.5 Å². The van der Waals surface area contributed by atoms with Crippen molar-refractivity contribution in [2.45, 2.75) is 36.9 Å². The van der Waals surface area contributed by atoms with Gasteiger partial charge >= 0.3 is 0 Å². The predicted octanol–water partition coefficient (Wildman–Crippen LogP) is 2.12. The average Bonchev–Trinajstić information content (AvgIpc) is 3.06. The summed E-state index contributed by atoms with van der Waals surface area (Å²) in [6.07, 6.45) is 5.20. The first kappa shape index (κ1) is 12.2. The van der Waals surface area contributed by atoms with Crippen molar-refractivity contribution < 1.29 is 0 Å². The largest absolute Gasteiger partial charge is 0.337 e. The van der Waals surface area contributed by atoms with Crippen LogP contribution in [0.3, 0.4) is 0 Å². The van der Waals surface area contributed by atoms with Crippen LogP contribution in [0, 0.1) is 0 Å². The number of aromatic nitrogens is 6. The number of nitrogens with zero attached hydrogens (tertiary/aromatic N) is 5. The van der Waals surface area contributed by atoms with Gasteiger partial charge in [0.15, 0.2) is 5.16 Å². The van der Waals surface area contributed by atoms with Crippen molar-refractivity contribution in [1.82, 2.24) is 29.5 Å². The average molecular weight is 274 g/mol. The number of hydrogen-bond donors (Lipinski definition) is 1. The second kappa shape index (κ2) is 5.00. The lowest BCUT2D eigenvalue weighted by Gasteiger charge is -2.03. The molecule has 0 saturated heterocycles. The van der Waals surface area contributed by atoms with E-state index in [1.165, 1.54) is 6.33 Å². The van der Waals surface area contributed by atoms with Crippen molar-refractivity contribution in [3.8, 4) is 0 Å². The zero-order valence-corrected chi connectivity index (χ0v) is 11.6. The minimum absolute atomic E-state index is 0.629. The molecular weight excluding hydrogens is 260 g/mol. The smallest absolute Gasteiger partial charge is 0.253 e. The molecule has 0 saturated carbocycles. The molecule has 0 amide bonds. The maximum atomic E-state index is 4.42. The van der Waals surface area contributed by atoms with Gasteiger partial charge in [0.25, 0.3) is 5.78 Å². The van der Waals surface area contributed by atoms with Crippen LogP contribution in [0.25, 0.3) is 5.78 Å². The van der Waals surface area contributed by atoms with Gasteiger partial charge in [0.05, 0.1) is 0 Å². The van der Waals surface area contributed by atoms with Crippen molar-refractivity contribution >= 4 is 17.5 Å². The number of hydrogen-bond acceptors (Lipinski definition) is 5. The van der Waals surface area contributed by atoms with E-state index in [2.05, 4.69) is 38.9 Å². The summed E-state index contributed by atoms with van der Waals surface area (Å²) >= 11 is 1.54. The van der Waals surface area contributed by atoms with Crippen LogP contribution in [0.2, 0.25) is 0 Å². The zero-order chi connectivity index (χ0) is 13.2. The van der Waals surface area contributed by atoms with Crippen LogP contribution < -0.4 is 0 Å². The van der Waals surface area contributed by atoms with Crippen molar-refractivity contribution in [3.05, 3.63) is 30.0 Å². The van der Waals surface area contributed by atoms with E-state index in [4.69, 9.17) is 0 Å². The Labute approximate surface area is 114 Å². The van der Waals surface area contributed by atoms with Gasteiger partial charge in [-0.15, -0.1) is 0 Å². The number of aryl methyl sites for hydroxylation is 2. The fraction of sp³-hybridized carbons (Fsp3) is 0.333. The summed E-state index contributed by atoms with van der Waals surface area (Å²) in [4.78, 5) is 16.2. The van der Waals surface area contributed by atoms with Gasteiger partial charge in [-0.1, -0.05) is 13.8 Å². The standard InChI is InChI=1S/C12H14N6S/c1-3-8-5-10(18-11(16-8)14-7-15-18)19-12-13-6-9(4-2)17-12/h5-7H,3-4H2,1-2H3,(H,13,17). The van der Waals surface area contributed by atoms with E-state index in [9.17, 15) is 0 Å². The summed E-state index contributed by atoms with van der Waals surface area (Å²) in [7, 11) is 0. The predicted molar refractivity (Wildman–Crippen MR) is 72.2 cm³/mol. The maximum absolute atomic E-state index is 4.42. The summed E-state index contributed by atoms with van der Waals surface area (Å²) in [5.74, 6) is 0.629. The highest BCUT2D eigenvalue weighted by Crippen LogP contribution is 2.25. The molecule has 6 nitrogen and oxygen atoms in total. The second-order valence-electron chi connectivity index (χ2n) is 4.08. The summed E-state index contributed by atoms with van der Waals surface area (Å²) < 4.78 is 1.73. The van der Waals surface area contributed by atoms with E-state index in [1.807, 2.05) is 12.3 Å². The molecule has 0 fully saturated rings. The number of imidazole rings is 1. The molecule has 3 heterocycles. The number of H-pyrrole nitrogens is 1. The molecule has 0 aliphatic carbocycles. The van der Waals surface area contributed by atoms with Gasteiger partial charge in [0, 0.05) is 17.6 Å². The third-order valence-corrected chi connectivity index (χ3v) is 3.72. The molecular formula is C12H14N6S. The molecule has 0 unspecified atom stereocenters. The molecule has 1 N–H and O–H groups in total. The molecule has 19 heavy (non-hydrogen) atoms. The Kier molecular flexibility index (Phi) is 3.20. The van der Waals surface area contributed by atoms with E-state index in [1.54, 1.807) is 16.3 Å². The van der Waals surface area contributed by atoms with Gasteiger partial charge in [0.1, 0.15) is 11.4 Å². The summed E-state index contributed by atoms with van der Waals surface area (Å²) in [5, 5.41) is 6.03. The SMILES string of the molecule is CCc1cc(Sc2ncc(CC)[nH]2)n2ncnc2n1. The van der Waals surface area contributed by atoms with Crippen LogP contribution in [0.15, 0.2) is 28.8 Å². The molecule has 0 bridgehead atoms. The third kappa shape index (κ3) is 2.33. The molecule has 0 atom stereocenters. The quantitative estimate of drug-likeness (QED) is 0.738. The van der Waals surface area contributed by atoms with E-state index < -0.39 is 0 Å². The first-order valence-electron chi connectivity index (χ1n) is 6.21. The molecule has 0 radical (unpaired) electrons. The Morgan fingerprint density at radius 3 is 2.89 bits per heavy atom. The Hall–Kier alpha value is -1.89. The Bertz CT molecular complexity index is 701. The van der Waals surface area contributed by atoms with Crippen LogP contribution in [0.1, 0.15) is 25.2 Å². The van der Waals surface area contributed by atoms with Crippen molar-refractivity contribution in [3.63, 3.8) is 0 Å². The molecule has 0 aromatic carbocycles. The highest BCUT2D eigenvalue weighted by molar-refractivity contribution is 7.99. The second-order valence-corrected chi connectivity index (χ2v) is 5.09. The fourth-order valence-corrected chi connectivity index (χ4v) is 2.65. The Morgan fingerprint density at radius 2 is 2.16 bits per heavy atom. The van der Waals surface area contributed by atoms with Gasteiger partial charge < -0.3 is 4.98 Å². The lowest BCUT2D eigenvalue weighted by molar-refractivity contribution is 0.819. The molecule has 0 aliphatic rings. The zero-order valence-electron chi connectivity index (χ0n) is 10.8. The topological polar surface area (TPSA) is 71.8 Å². The van der Waals surface area contributed by atoms with Crippen molar-refractivity contribution in [1.29, 1.82) is 0 Å². The molecule has 98 valence electrons. The van der Waals surface area contributed by atoms with Crippen LogP contribution >= 0.6 is 11.8 Å². The normalized spacial score (nSPS) is 11.3. The molecule has 3 aromatic rings. The van der Waals surface area contributed by atoms with Crippen LogP contribution in [0.5, 0.6) is 0 Å². The Balaban J connectivity index is 2.01. The number of nitrogens with one attached hydrogen (secondary N) is 1. The lowest BCUT2D eigenvalue weighted by Crippen LogP contribution is -1.99. The minimum Gasteiger partial charge on any atom is -0.337 e. The van der Waals surface area contributed by atoms with Gasteiger partial charge in [-0.2, -0.15) is 14.6 Å². The molecule has 3 rings (SSSR count). The number of fused-ring (bicyclic) bond motifs is 1. The van der Waals surface area contributed by atoms with Crippen LogP contribution in [-0.2, 0) is 12.8 Å².